The van der Waals surface area contributed by atoms with E-state index < -0.39 is 0 Å². The highest BCUT2D eigenvalue weighted by atomic mass is 19.1. The van der Waals surface area contributed by atoms with Crippen LogP contribution in [0.4, 0.5) is 16.0 Å². The molecule has 20 heavy (non-hydrogen) atoms. The summed E-state index contributed by atoms with van der Waals surface area (Å²) >= 11 is 0. The van der Waals surface area contributed by atoms with Crippen LogP contribution >= 0.6 is 0 Å². The van der Waals surface area contributed by atoms with Crippen LogP contribution < -0.4 is 16.6 Å². The van der Waals surface area contributed by atoms with E-state index in [-0.39, 0.29) is 17.3 Å². The predicted molar refractivity (Wildman–Crippen MR) is 77.2 cm³/mol. The van der Waals surface area contributed by atoms with Crippen molar-refractivity contribution in [3.8, 4) is 0 Å². The zero-order valence-electron chi connectivity index (χ0n) is 11.2. The Morgan fingerprint density at radius 2 is 2.05 bits per heavy atom. The second kappa shape index (κ2) is 6.18. The Bertz CT molecular complexity index is 637. The molecule has 2 aromatic rings. The topological polar surface area (TPSA) is 83.8 Å². The third-order valence-electron chi connectivity index (χ3n) is 3.02. The van der Waals surface area contributed by atoms with Crippen LogP contribution in [0.3, 0.4) is 0 Å². The molecular formula is C14H17FN4O. The molecule has 4 N–H and O–H groups in total. The summed E-state index contributed by atoms with van der Waals surface area (Å²) in [6.45, 7) is 2.46. The molecule has 1 heterocycles. The molecule has 0 unspecified atom stereocenters. The summed E-state index contributed by atoms with van der Waals surface area (Å²) in [5, 5.41) is 3.17. The van der Waals surface area contributed by atoms with E-state index in [1.165, 1.54) is 12.1 Å². The number of anilines is 2. The SMILES string of the molecule is Cc1nc(N)[nH]c(=O)c1CCCNc1ccc(F)cc1. The van der Waals surface area contributed by atoms with Crippen molar-refractivity contribution >= 4 is 11.6 Å². The Balaban J connectivity index is 1.87. The third-order valence-corrected chi connectivity index (χ3v) is 3.02. The van der Waals surface area contributed by atoms with Gasteiger partial charge in [-0.2, -0.15) is 0 Å². The van der Waals surface area contributed by atoms with Crippen molar-refractivity contribution in [2.75, 3.05) is 17.6 Å². The van der Waals surface area contributed by atoms with E-state index in [0.717, 1.165) is 12.1 Å². The van der Waals surface area contributed by atoms with Crippen molar-refractivity contribution in [1.82, 2.24) is 9.97 Å². The van der Waals surface area contributed by atoms with Gasteiger partial charge in [-0.05, 0) is 44.0 Å². The smallest absolute Gasteiger partial charge is 0.255 e. The van der Waals surface area contributed by atoms with E-state index >= 15 is 0 Å². The quantitative estimate of drug-likeness (QED) is 0.728. The maximum atomic E-state index is 12.7. The fourth-order valence-electron chi connectivity index (χ4n) is 1.99. The minimum Gasteiger partial charge on any atom is -0.385 e. The van der Waals surface area contributed by atoms with Crippen LogP contribution in [-0.4, -0.2) is 16.5 Å². The van der Waals surface area contributed by atoms with Gasteiger partial charge in [-0.1, -0.05) is 0 Å². The van der Waals surface area contributed by atoms with Crippen LogP contribution in [0.1, 0.15) is 17.7 Å². The lowest BCUT2D eigenvalue weighted by Crippen LogP contribution is -2.19. The van der Waals surface area contributed by atoms with Crippen LogP contribution in [0.2, 0.25) is 0 Å². The molecule has 106 valence electrons. The van der Waals surface area contributed by atoms with E-state index in [9.17, 15) is 9.18 Å². The number of halogens is 1. The molecule has 0 saturated carbocycles. The van der Waals surface area contributed by atoms with Gasteiger partial charge in [0.15, 0.2) is 0 Å². The number of hydrogen-bond acceptors (Lipinski definition) is 4. The maximum Gasteiger partial charge on any atom is 0.255 e. The number of aromatic amines is 1. The summed E-state index contributed by atoms with van der Waals surface area (Å²) in [7, 11) is 0. The van der Waals surface area contributed by atoms with Gasteiger partial charge in [0.05, 0.1) is 0 Å². The Morgan fingerprint density at radius 1 is 1.35 bits per heavy atom. The fraction of sp³-hybridized carbons (Fsp3) is 0.286. The molecule has 0 atom stereocenters. The molecule has 1 aromatic heterocycles. The summed E-state index contributed by atoms with van der Waals surface area (Å²) in [4.78, 5) is 18.3. The number of nitrogens with two attached hydrogens (primary N) is 1. The molecule has 0 spiro atoms. The molecule has 0 aliphatic rings. The van der Waals surface area contributed by atoms with Gasteiger partial charge in [-0.15, -0.1) is 0 Å². The number of nitrogen functional groups attached to an aromatic ring is 1. The fourth-order valence-corrected chi connectivity index (χ4v) is 1.99. The molecule has 0 fully saturated rings. The maximum absolute atomic E-state index is 12.7. The van der Waals surface area contributed by atoms with E-state index in [4.69, 9.17) is 5.73 Å². The number of H-pyrrole nitrogens is 1. The molecule has 2 rings (SSSR count). The molecular weight excluding hydrogens is 259 g/mol. The first-order chi connectivity index (χ1) is 9.56. The predicted octanol–water partition coefficient (Wildman–Crippen LogP) is 1.84. The lowest BCUT2D eigenvalue weighted by Gasteiger charge is -2.07. The standard InChI is InChI=1S/C14H17FN4O/c1-9-12(13(20)19-14(16)18-9)3-2-8-17-11-6-4-10(15)5-7-11/h4-7,17H,2-3,8H2,1H3,(H3,16,18,19,20). The summed E-state index contributed by atoms with van der Waals surface area (Å²) < 4.78 is 12.7. The van der Waals surface area contributed by atoms with Crippen molar-refractivity contribution in [1.29, 1.82) is 0 Å². The highest BCUT2D eigenvalue weighted by Gasteiger charge is 2.06. The molecule has 0 amide bonds. The third kappa shape index (κ3) is 3.57. The number of aromatic nitrogens is 2. The zero-order chi connectivity index (χ0) is 14.5. The normalized spacial score (nSPS) is 10.5. The number of nitrogens with one attached hydrogen (secondary N) is 2. The lowest BCUT2D eigenvalue weighted by molar-refractivity contribution is 0.628. The molecule has 0 radical (unpaired) electrons. The van der Waals surface area contributed by atoms with E-state index in [2.05, 4.69) is 15.3 Å². The molecule has 0 aliphatic carbocycles. The van der Waals surface area contributed by atoms with E-state index in [0.29, 0.717) is 24.2 Å². The van der Waals surface area contributed by atoms with Gasteiger partial charge < -0.3 is 11.1 Å². The summed E-state index contributed by atoms with van der Waals surface area (Å²) in [5.41, 5.74) is 7.45. The number of rotatable bonds is 5. The number of benzene rings is 1. The van der Waals surface area contributed by atoms with Gasteiger partial charge >= 0.3 is 0 Å². The molecule has 0 saturated heterocycles. The van der Waals surface area contributed by atoms with Crippen LogP contribution in [0, 0.1) is 12.7 Å². The van der Waals surface area contributed by atoms with Gasteiger partial charge in [0.1, 0.15) is 5.82 Å². The Kier molecular flexibility index (Phi) is 4.34. The molecule has 1 aromatic carbocycles. The van der Waals surface area contributed by atoms with Crippen molar-refractivity contribution in [3.05, 3.63) is 51.7 Å². The first-order valence-electron chi connectivity index (χ1n) is 6.41. The molecule has 0 bridgehead atoms. The van der Waals surface area contributed by atoms with Crippen LogP contribution in [0.15, 0.2) is 29.1 Å². The van der Waals surface area contributed by atoms with Gasteiger partial charge in [-0.25, -0.2) is 9.37 Å². The van der Waals surface area contributed by atoms with Crippen LogP contribution in [-0.2, 0) is 6.42 Å². The number of hydrogen-bond donors (Lipinski definition) is 3. The van der Waals surface area contributed by atoms with Crippen LogP contribution in [0.25, 0.3) is 0 Å². The molecule has 0 aliphatic heterocycles. The Labute approximate surface area is 116 Å². The van der Waals surface area contributed by atoms with Gasteiger partial charge in [0.2, 0.25) is 5.95 Å². The number of nitrogens with zero attached hydrogens (tertiary/aromatic N) is 1. The average Bonchev–Trinajstić information content (AvgIpc) is 2.39. The Morgan fingerprint density at radius 3 is 2.70 bits per heavy atom. The second-order valence-corrected chi connectivity index (χ2v) is 4.55. The molecule has 6 heteroatoms. The largest absolute Gasteiger partial charge is 0.385 e. The second-order valence-electron chi connectivity index (χ2n) is 4.55. The highest BCUT2D eigenvalue weighted by molar-refractivity contribution is 5.42. The first-order valence-corrected chi connectivity index (χ1v) is 6.41. The minimum atomic E-state index is -0.259. The van der Waals surface area contributed by atoms with E-state index in [1.54, 1.807) is 19.1 Å². The van der Waals surface area contributed by atoms with Crippen molar-refractivity contribution in [3.63, 3.8) is 0 Å². The van der Waals surface area contributed by atoms with Gasteiger partial charge in [0.25, 0.3) is 5.56 Å². The van der Waals surface area contributed by atoms with Gasteiger partial charge in [0, 0.05) is 23.5 Å². The summed E-state index contributed by atoms with van der Waals surface area (Å²) in [6, 6.07) is 6.17. The first kappa shape index (κ1) is 14.0. The van der Waals surface area contributed by atoms with Crippen LogP contribution in [0.5, 0.6) is 0 Å². The minimum absolute atomic E-state index is 0.140. The Hall–Kier alpha value is -2.37. The summed E-state index contributed by atoms with van der Waals surface area (Å²) in [6.07, 6.45) is 1.38. The van der Waals surface area contributed by atoms with Crippen molar-refractivity contribution in [2.24, 2.45) is 0 Å². The monoisotopic (exact) mass is 276 g/mol. The van der Waals surface area contributed by atoms with Gasteiger partial charge in [-0.3, -0.25) is 9.78 Å². The lowest BCUT2D eigenvalue weighted by atomic mass is 10.1. The summed E-state index contributed by atoms with van der Waals surface area (Å²) in [5.74, 6) is -0.119. The van der Waals surface area contributed by atoms with E-state index in [1.807, 2.05) is 0 Å². The highest BCUT2D eigenvalue weighted by Crippen LogP contribution is 2.09. The van der Waals surface area contributed by atoms with Crippen molar-refractivity contribution in [2.45, 2.75) is 19.8 Å². The van der Waals surface area contributed by atoms with Crippen molar-refractivity contribution < 1.29 is 4.39 Å². The zero-order valence-corrected chi connectivity index (χ0v) is 11.2. The average molecular weight is 276 g/mol. The number of aryl methyl sites for hydroxylation is 1. The molecule has 5 nitrogen and oxygen atoms in total.